The quantitative estimate of drug-likeness (QED) is 0.394. The van der Waals surface area contributed by atoms with Crippen LogP contribution in [0.1, 0.15) is 31.2 Å². The highest BCUT2D eigenvalue weighted by molar-refractivity contribution is 7.89. The number of nitrogens with zero attached hydrogens (tertiary/aromatic N) is 4. The number of aromatic nitrogens is 2. The predicted octanol–water partition coefficient (Wildman–Crippen LogP) is 4.68. The van der Waals surface area contributed by atoms with E-state index in [9.17, 15) is 12.8 Å². The van der Waals surface area contributed by atoms with Crippen molar-refractivity contribution in [2.45, 2.75) is 49.6 Å². The molecule has 1 unspecified atom stereocenters. The van der Waals surface area contributed by atoms with Gasteiger partial charge in [-0.25, -0.2) is 17.8 Å². The van der Waals surface area contributed by atoms with Crippen LogP contribution in [0.5, 0.6) is 0 Å². The van der Waals surface area contributed by atoms with Crippen LogP contribution in [0.4, 0.5) is 27.5 Å². The van der Waals surface area contributed by atoms with Gasteiger partial charge in [-0.15, -0.1) is 0 Å². The average Bonchev–Trinajstić information content (AvgIpc) is 3.44. The number of anilines is 4. The first kappa shape index (κ1) is 27.4. The van der Waals surface area contributed by atoms with Crippen LogP contribution in [-0.4, -0.2) is 73.0 Å². The molecule has 11 heteroatoms. The Bertz CT molecular complexity index is 1370. The normalized spacial score (nSPS) is 18.9. The number of ether oxygens (including phenoxy) is 1. The summed E-state index contributed by atoms with van der Waals surface area (Å²) in [5.41, 5.74) is 1.91. The van der Waals surface area contributed by atoms with Gasteiger partial charge in [0.15, 0.2) is 0 Å². The molecule has 2 fully saturated rings. The molecular weight excluding hydrogens is 519 g/mol. The lowest BCUT2D eigenvalue weighted by molar-refractivity contribution is 0.0760. The van der Waals surface area contributed by atoms with Crippen LogP contribution in [0.3, 0.4) is 0 Å². The molecule has 3 aromatic rings. The van der Waals surface area contributed by atoms with Crippen LogP contribution in [0.15, 0.2) is 59.6 Å². The van der Waals surface area contributed by atoms with Gasteiger partial charge < -0.3 is 20.3 Å². The van der Waals surface area contributed by atoms with Gasteiger partial charge in [-0.1, -0.05) is 0 Å². The second kappa shape index (κ2) is 12.0. The maximum absolute atomic E-state index is 13.8. The number of rotatable bonds is 9. The molecule has 9 nitrogen and oxygen atoms in total. The van der Waals surface area contributed by atoms with E-state index >= 15 is 0 Å². The van der Waals surface area contributed by atoms with E-state index < -0.39 is 10.0 Å². The lowest BCUT2D eigenvalue weighted by atomic mass is 10.1. The van der Waals surface area contributed by atoms with E-state index in [0.717, 1.165) is 38.8 Å². The Morgan fingerprint density at radius 2 is 1.79 bits per heavy atom. The van der Waals surface area contributed by atoms with E-state index in [2.05, 4.69) is 32.5 Å². The summed E-state index contributed by atoms with van der Waals surface area (Å²) in [4.78, 5) is 11.2. The summed E-state index contributed by atoms with van der Waals surface area (Å²) in [6.45, 7) is 4.53. The second-order valence-electron chi connectivity index (χ2n) is 10.2. The number of benzene rings is 2. The van der Waals surface area contributed by atoms with Crippen molar-refractivity contribution in [1.29, 1.82) is 0 Å². The molecule has 1 atom stereocenters. The first-order valence-corrected chi connectivity index (χ1v) is 14.8. The molecule has 2 aliphatic rings. The van der Waals surface area contributed by atoms with Crippen molar-refractivity contribution in [2.24, 2.45) is 0 Å². The number of halogens is 1. The third-order valence-electron chi connectivity index (χ3n) is 7.31. The Labute approximate surface area is 229 Å². The molecule has 0 saturated carbocycles. The first-order valence-electron chi connectivity index (χ1n) is 13.3. The first-order chi connectivity index (χ1) is 18.8. The van der Waals surface area contributed by atoms with Gasteiger partial charge in [-0.3, -0.25) is 0 Å². The van der Waals surface area contributed by atoms with Crippen LogP contribution in [0.2, 0.25) is 0 Å². The largest absolute Gasteiger partial charge is 0.377 e. The number of piperidine rings is 1. The summed E-state index contributed by atoms with van der Waals surface area (Å²) < 4.78 is 48.7. The van der Waals surface area contributed by atoms with Crippen LogP contribution < -0.4 is 10.6 Å². The molecule has 1 aromatic heterocycles. The van der Waals surface area contributed by atoms with Gasteiger partial charge in [-0.05, 0) is 107 Å². The summed E-state index contributed by atoms with van der Waals surface area (Å²) >= 11 is 0. The van der Waals surface area contributed by atoms with Gasteiger partial charge in [0, 0.05) is 36.8 Å². The number of hydrogen-bond acceptors (Lipinski definition) is 8. The van der Waals surface area contributed by atoms with Crippen molar-refractivity contribution in [2.75, 3.05) is 43.9 Å². The summed E-state index contributed by atoms with van der Waals surface area (Å²) in [7, 11) is -1.63. The van der Waals surface area contributed by atoms with Crippen molar-refractivity contribution in [3.05, 3.63) is 66.1 Å². The van der Waals surface area contributed by atoms with E-state index in [4.69, 9.17) is 4.74 Å². The molecule has 0 radical (unpaired) electrons. The zero-order valence-corrected chi connectivity index (χ0v) is 23.1. The summed E-state index contributed by atoms with van der Waals surface area (Å²) in [5.74, 6) is 0.624. The fraction of sp³-hybridized carbons (Fsp3) is 0.429. The number of aryl methyl sites for hydroxylation is 1. The standard InChI is InChI=1S/C28H35FN6O3S/c1-20-18-22(7-10-26(20)29)31-27-11-14-30-28(33-27)32-21-5-8-25(9-6-21)39(36,37)35(19-24-4-3-17-38-24)23-12-15-34(2)16-13-23/h5-11,14,18,23-24H,3-4,12-13,15-17,19H2,1-2H3,(H2,30,31,32,33). The maximum atomic E-state index is 13.8. The Morgan fingerprint density at radius 1 is 1.05 bits per heavy atom. The van der Waals surface area contributed by atoms with Crippen molar-refractivity contribution in [3.8, 4) is 0 Å². The van der Waals surface area contributed by atoms with Crippen molar-refractivity contribution in [1.82, 2.24) is 19.2 Å². The Morgan fingerprint density at radius 3 is 2.49 bits per heavy atom. The lowest BCUT2D eigenvalue weighted by Crippen LogP contribution is -2.49. The fourth-order valence-electron chi connectivity index (χ4n) is 5.05. The molecule has 2 aromatic carbocycles. The highest BCUT2D eigenvalue weighted by atomic mass is 32.2. The SMILES string of the molecule is Cc1cc(Nc2ccnc(Nc3ccc(S(=O)(=O)N(CC4CCCO4)C4CCN(C)CC4)cc3)n2)ccc1F. The molecule has 0 aliphatic carbocycles. The second-order valence-corrected chi connectivity index (χ2v) is 12.1. The third-order valence-corrected chi connectivity index (χ3v) is 9.24. The number of likely N-dealkylation sites (tertiary alicyclic amines) is 1. The highest BCUT2D eigenvalue weighted by Crippen LogP contribution is 2.28. The van der Waals surface area contributed by atoms with Gasteiger partial charge in [0.25, 0.3) is 0 Å². The smallest absolute Gasteiger partial charge is 0.243 e. The van der Waals surface area contributed by atoms with E-state index in [1.165, 1.54) is 6.07 Å². The molecule has 0 amide bonds. The Balaban J connectivity index is 1.29. The summed E-state index contributed by atoms with van der Waals surface area (Å²) in [5, 5.41) is 6.28. The van der Waals surface area contributed by atoms with E-state index in [0.29, 0.717) is 41.9 Å². The van der Waals surface area contributed by atoms with E-state index in [1.807, 2.05) is 0 Å². The van der Waals surface area contributed by atoms with Gasteiger partial charge in [-0.2, -0.15) is 9.29 Å². The molecule has 2 N–H and O–H groups in total. The monoisotopic (exact) mass is 554 g/mol. The molecule has 2 saturated heterocycles. The molecule has 0 spiro atoms. The van der Waals surface area contributed by atoms with Crippen molar-refractivity contribution < 1.29 is 17.5 Å². The van der Waals surface area contributed by atoms with Gasteiger partial charge in [0.1, 0.15) is 11.6 Å². The lowest BCUT2D eigenvalue weighted by Gasteiger charge is -2.37. The molecular formula is C28H35FN6O3S. The van der Waals surface area contributed by atoms with E-state index in [-0.39, 0.29) is 22.9 Å². The molecule has 3 heterocycles. The zero-order chi connectivity index (χ0) is 27.4. The molecule has 0 bridgehead atoms. The maximum Gasteiger partial charge on any atom is 0.243 e. The predicted molar refractivity (Wildman–Crippen MR) is 150 cm³/mol. The van der Waals surface area contributed by atoms with Crippen molar-refractivity contribution >= 4 is 33.2 Å². The molecule has 39 heavy (non-hydrogen) atoms. The topological polar surface area (TPSA) is 99.7 Å². The summed E-state index contributed by atoms with van der Waals surface area (Å²) in [6.07, 6.45) is 5.02. The fourth-order valence-corrected chi connectivity index (χ4v) is 6.77. The minimum Gasteiger partial charge on any atom is -0.377 e. The van der Waals surface area contributed by atoms with E-state index in [1.54, 1.807) is 59.9 Å². The number of hydrogen-bond donors (Lipinski definition) is 2. The van der Waals surface area contributed by atoms with Crippen molar-refractivity contribution in [3.63, 3.8) is 0 Å². The average molecular weight is 555 g/mol. The minimum absolute atomic E-state index is 0.0401. The third kappa shape index (κ3) is 6.73. The molecule has 5 rings (SSSR count). The van der Waals surface area contributed by atoms with Crippen LogP contribution in [0.25, 0.3) is 0 Å². The van der Waals surface area contributed by atoms with Crippen LogP contribution in [-0.2, 0) is 14.8 Å². The minimum atomic E-state index is -3.70. The van der Waals surface area contributed by atoms with Gasteiger partial charge >= 0.3 is 0 Å². The highest BCUT2D eigenvalue weighted by Gasteiger charge is 2.35. The van der Waals surface area contributed by atoms with Gasteiger partial charge in [0.2, 0.25) is 16.0 Å². The Kier molecular flexibility index (Phi) is 8.41. The van der Waals surface area contributed by atoms with Crippen LogP contribution >= 0.6 is 0 Å². The zero-order valence-electron chi connectivity index (χ0n) is 22.3. The Hall–Kier alpha value is -3.12. The molecule has 2 aliphatic heterocycles. The molecule has 208 valence electrons. The van der Waals surface area contributed by atoms with Crippen LogP contribution in [0, 0.1) is 12.7 Å². The number of sulfonamides is 1. The number of nitrogens with one attached hydrogen (secondary N) is 2. The van der Waals surface area contributed by atoms with Gasteiger partial charge in [0.05, 0.1) is 11.0 Å². The summed E-state index contributed by atoms with van der Waals surface area (Å²) in [6, 6.07) is 13.1.